The third-order valence-electron chi connectivity index (χ3n) is 7.59. The van der Waals surface area contributed by atoms with Crippen LogP contribution < -0.4 is 0 Å². The van der Waals surface area contributed by atoms with Crippen LogP contribution in [0.3, 0.4) is 0 Å². The molecule has 8 nitrogen and oxygen atoms in total. The molecule has 0 spiro atoms. The van der Waals surface area contributed by atoms with Crippen molar-refractivity contribution >= 4 is 17.9 Å². The molecule has 0 amide bonds. The number of esters is 3. The molecule has 1 heterocycles. The third-order valence-corrected chi connectivity index (χ3v) is 7.59. The van der Waals surface area contributed by atoms with Gasteiger partial charge in [-0.1, -0.05) is 24.1 Å². The second-order valence-corrected chi connectivity index (χ2v) is 9.69. The summed E-state index contributed by atoms with van der Waals surface area (Å²) in [6.07, 6.45) is 0.961. The van der Waals surface area contributed by atoms with Crippen molar-refractivity contribution in [1.29, 1.82) is 0 Å². The summed E-state index contributed by atoms with van der Waals surface area (Å²) in [5.74, 6) is -3.31. The first-order chi connectivity index (χ1) is 14.8. The number of rotatable bonds is 2. The molecule has 1 saturated heterocycles. The molecule has 1 aliphatic heterocycles. The van der Waals surface area contributed by atoms with Gasteiger partial charge in [-0.05, 0) is 39.7 Å². The fourth-order valence-corrected chi connectivity index (χ4v) is 5.75. The SMILES string of the molecule is CC(=O)O[C@H]1CC=C(C)[C@@H]2[C@H](O)[C@@]3(O)[C@H](C=C(C)CC[C@H](OC(C)=O)[C@@]12C)OC(=O)[C@@H]3C. The number of allylic oxidation sites excluding steroid dienone is 1. The van der Waals surface area contributed by atoms with E-state index in [-0.39, 0.29) is 0 Å². The van der Waals surface area contributed by atoms with E-state index in [2.05, 4.69) is 0 Å². The second kappa shape index (κ2) is 8.63. The molecule has 0 aromatic carbocycles. The van der Waals surface area contributed by atoms with Gasteiger partial charge in [0.15, 0.2) is 6.10 Å². The summed E-state index contributed by atoms with van der Waals surface area (Å²) in [4.78, 5) is 36.5. The van der Waals surface area contributed by atoms with E-state index in [1.807, 2.05) is 26.8 Å². The van der Waals surface area contributed by atoms with Crippen molar-refractivity contribution in [3.8, 4) is 0 Å². The minimum Gasteiger partial charge on any atom is -0.462 e. The molecular formula is C24H34O8. The number of hydrogen-bond acceptors (Lipinski definition) is 8. The summed E-state index contributed by atoms with van der Waals surface area (Å²) in [7, 11) is 0. The van der Waals surface area contributed by atoms with Crippen molar-refractivity contribution in [1.82, 2.24) is 0 Å². The zero-order valence-corrected chi connectivity index (χ0v) is 19.6. The molecule has 0 aromatic rings. The lowest BCUT2D eigenvalue weighted by molar-refractivity contribution is -0.205. The molecule has 178 valence electrons. The predicted molar refractivity (Wildman–Crippen MR) is 114 cm³/mol. The summed E-state index contributed by atoms with van der Waals surface area (Å²) in [5, 5.41) is 23.5. The van der Waals surface area contributed by atoms with Crippen molar-refractivity contribution in [2.24, 2.45) is 17.3 Å². The highest BCUT2D eigenvalue weighted by Gasteiger charge is 2.65. The molecule has 2 aliphatic carbocycles. The van der Waals surface area contributed by atoms with E-state index in [9.17, 15) is 24.6 Å². The molecule has 32 heavy (non-hydrogen) atoms. The maximum atomic E-state index is 12.5. The molecule has 0 unspecified atom stereocenters. The Labute approximate surface area is 188 Å². The van der Waals surface area contributed by atoms with E-state index in [0.717, 1.165) is 11.1 Å². The smallest absolute Gasteiger partial charge is 0.312 e. The molecule has 0 aromatic heterocycles. The number of fused-ring (bicyclic) bond motifs is 2. The molecule has 3 rings (SSSR count). The van der Waals surface area contributed by atoms with E-state index < -0.39 is 65.2 Å². The molecule has 0 radical (unpaired) electrons. The highest BCUT2D eigenvalue weighted by Crippen LogP contribution is 2.54. The van der Waals surface area contributed by atoms with Gasteiger partial charge in [0.1, 0.15) is 17.8 Å². The summed E-state index contributed by atoms with van der Waals surface area (Å²) < 4.78 is 16.9. The molecule has 2 N–H and O–H groups in total. The fourth-order valence-electron chi connectivity index (χ4n) is 5.75. The largest absolute Gasteiger partial charge is 0.462 e. The van der Waals surface area contributed by atoms with Gasteiger partial charge in [-0.25, -0.2) is 0 Å². The lowest BCUT2D eigenvalue weighted by Crippen LogP contribution is -2.64. The van der Waals surface area contributed by atoms with Gasteiger partial charge in [-0.3, -0.25) is 14.4 Å². The second-order valence-electron chi connectivity index (χ2n) is 9.69. The van der Waals surface area contributed by atoms with Crippen LogP contribution in [0.1, 0.15) is 60.8 Å². The van der Waals surface area contributed by atoms with Gasteiger partial charge in [0.05, 0.1) is 17.4 Å². The van der Waals surface area contributed by atoms with Gasteiger partial charge in [-0.2, -0.15) is 0 Å². The zero-order chi connectivity index (χ0) is 24.0. The van der Waals surface area contributed by atoms with E-state index in [4.69, 9.17) is 14.2 Å². The molecule has 0 saturated carbocycles. The minimum atomic E-state index is -1.91. The van der Waals surface area contributed by atoms with Crippen LogP contribution in [-0.2, 0) is 28.6 Å². The Morgan fingerprint density at radius 2 is 1.75 bits per heavy atom. The van der Waals surface area contributed by atoms with Gasteiger partial charge in [0.2, 0.25) is 0 Å². The van der Waals surface area contributed by atoms with Crippen LogP contribution in [0.25, 0.3) is 0 Å². The number of ether oxygens (including phenoxy) is 3. The van der Waals surface area contributed by atoms with Gasteiger partial charge >= 0.3 is 17.9 Å². The number of aliphatic hydroxyl groups is 2. The van der Waals surface area contributed by atoms with Crippen LogP contribution in [0.15, 0.2) is 23.3 Å². The maximum Gasteiger partial charge on any atom is 0.312 e. The monoisotopic (exact) mass is 450 g/mol. The molecule has 1 fully saturated rings. The van der Waals surface area contributed by atoms with E-state index in [1.54, 1.807) is 6.08 Å². The average Bonchev–Trinajstić information content (AvgIpc) is 2.90. The number of hydrogen-bond donors (Lipinski definition) is 2. The standard InChI is InChI=1S/C24H34O8/c1-12-7-9-17(30-15(4)25)23(6)18(31-16(5)26)10-8-13(2)20(23)21(27)24(29)14(3)22(28)32-19(24)11-12/h8,11,14,17-21,27,29H,7,9-10H2,1-6H3/t14-,17-,18-,19-,20+,21-,23-,24-/m0/s1. The summed E-state index contributed by atoms with van der Waals surface area (Å²) >= 11 is 0. The lowest BCUT2D eigenvalue weighted by atomic mass is 9.56. The predicted octanol–water partition coefficient (Wildman–Crippen LogP) is 2.22. The summed E-state index contributed by atoms with van der Waals surface area (Å²) in [6, 6.07) is 0. The van der Waals surface area contributed by atoms with Crippen molar-refractivity contribution in [2.45, 2.75) is 90.8 Å². The number of carbonyl (C=O) groups excluding carboxylic acids is 3. The van der Waals surface area contributed by atoms with Gasteiger partial charge in [0, 0.05) is 26.2 Å². The van der Waals surface area contributed by atoms with Crippen LogP contribution in [0.5, 0.6) is 0 Å². The Morgan fingerprint density at radius 3 is 2.34 bits per heavy atom. The van der Waals surface area contributed by atoms with Gasteiger partial charge < -0.3 is 24.4 Å². The van der Waals surface area contributed by atoms with E-state index >= 15 is 0 Å². The van der Waals surface area contributed by atoms with Crippen LogP contribution in [0.4, 0.5) is 0 Å². The van der Waals surface area contributed by atoms with E-state index in [0.29, 0.717) is 19.3 Å². The number of aliphatic hydroxyl groups excluding tert-OH is 1. The molecule has 0 bridgehead atoms. The average molecular weight is 451 g/mol. The Bertz CT molecular complexity index is 860. The summed E-state index contributed by atoms with van der Waals surface area (Å²) in [5.41, 5.74) is -1.37. The zero-order valence-electron chi connectivity index (χ0n) is 19.6. The topological polar surface area (TPSA) is 119 Å². The highest BCUT2D eigenvalue weighted by molar-refractivity contribution is 5.77. The molecular weight excluding hydrogens is 416 g/mol. The van der Waals surface area contributed by atoms with Crippen LogP contribution >= 0.6 is 0 Å². The first kappa shape index (κ1) is 24.5. The quantitative estimate of drug-likeness (QED) is 0.373. The molecule has 8 heteroatoms. The first-order valence-corrected chi connectivity index (χ1v) is 11.1. The normalized spacial score (nSPS) is 41.9. The Kier molecular flexibility index (Phi) is 6.60. The maximum absolute atomic E-state index is 12.5. The van der Waals surface area contributed by atoms with Crippen molar-refractivity contribution in [2.75, 3.05) is 0 Å². The van der Waals surface area contributed by atoms with E-state index in [1.165, 1.54) is 20.8 Å². The number of carbonyl (C=O) groups is 3. The van der Waals surface area contributed by atoms with Gasteiger partial charge in [-0.15, -0.1) is 0 Å². The van der Waals surface area contributed by atoms with Crippen LogP contribution in [0, 0.1) is 17.3 Å². The first-order valence-electron chi connectivity index (χ1n) is 11.1. The highest BCUT2D eigenvalue weighted by atomic mass is 16.6. The Hall–Kier alpha value is -2.19. The van der Waals surface area contributed by atoms with Crippen molar-refractivity contribution < 1.29 is 38.8 Å². The molecule has 3 aliphatic rings. The third kappa shape index (κ3) is 3.88. The lowest BCUT2D eigenvalue weighted by Gasteiger charge is -2.54. The van der Waals surface area contributed by atoms with Crippen molar-refractivity contribution in [3.05, 3.63) is 23.3 Å². The minimum absolute atomic E-state index is 0.380. The van der Waals surface area contributed by atoms with Crippen LogP contribution in [0.2, 0.25) is 0 Å². The van der Waals surface area contributed by atoms with Gasteiger partial charge in [0.25, 0.3) is 0 Å². The van der Waals surface area contributed by atoms with Crippen molar-refractivity contribution in [3.63, 3.8) is 0 Å². The molecule has 8 atom stereocenters. The Morgan fingerprint density at radius 1 is 1.16 bits per heavy atom. The fraction of sp³-hybridized carbons (Fsp3) is 0.708. The Balaban J connectivity index is 2.24. The summed E-state index contributed by atoms with van der Waals surface area (Å²) in [6.45, 7) is 9.65. The van der Waals surface area contributed by atoms with Crippen LogP contribution in [-0.4, -0.2) is 58.1 Å².